The number of aryl methyl sites for hydroxylation is 1. The van der Waals surface area contributed by atoms with Gasteiger partial charge in [0.2, 0.25) is 0 Å². The number of nitrogens with two attached hydrogens (primary N) is 1. The molecule has 4 N–H and O–H groups in total. The maximum absolute atomic E-state index is 9.91. The topological polar surface area (TPSA) is 106 Å². The fourth-order valence-corrected chi connectivity index (χ4v) is 2.91. The lowest BCUT2D eigenvalue weighted by Crippen LogP contribution is -2.21. The number of H-pyrrole nitrogens is 1. The molecule has 0 unspecified atom stereocenters. The van der Waals surface area contributed by atoms with Gasteiger partial charge in [0.25, 0.3) is 0 Å². The van der Waals surface area contributed by atoms with E-state index in [4.69, 9.17) is 5.73 Å². The second kappa shape index (κ2) is 5.56. The number of pyridine rings is 1. The Morgan fingerprint density at radius 3 is 2.80 bits per heavy atom. The average Bonchev–Trinajstić information content (AvgIpc) is 3.22. The Morgan fingerprint density at radius 1 is 1.24 bits per heavy atom. The smallest absolute Gasteiger partial charge is 0.135 e. The Morgan fingerprint density at radius 2 is 2.08 bits per heavy atom. The molecule has 0 amide bonds. The lowest BCUT2D eigenvalue weighted by Gasteiger charge is -2.16. The second-order valence-electron chi connectivity index (χ2n) is 6.92. The zero-order chi connectivity index (χ0) is 17.6. The fourth-order valence-electron chi connectivity index (χ4n) is 2.91. The molecule has 7 heteroatoms. The van der Waals surface area contributed by atoms with E-state index in [1.807, 2.05) is 35.1 Å². The van der Waals surface area contributed by atoms with Crippen molar-refractivity contribution in [3.63, 3.8) is 0 Å². The Balaban J connectivity index is 1.81. The molecule has 0 saturated carbocycles. The van der Waals surface area contributed by atoms with Crippen molar-refractivity contribution < 1.29 is 5.11 Å². The number of aliphatic hydroxyl groups is 1. The molecule has 3 aromatic heterocycles. The van der Waals surface area contributed by atoms with E-state index in [9.17, 15) is 5.11 Å². The standard InChI is InChI=1S/C18H20N6O/c1-18(2,25)6-8-24-10-13-16(23-24)12-4-3-11(14-5-7-20-22-14)9-15(12)21-17(13)19/h3-5,7,9-10,25H,6,8H2,1-2H3,(H2,19,21)(H,20,22). The first-order valence-corrected chi connectivity index (χ1v) is 8.19. The molecular formula is C18H20N6O. The maximum atomic E-state index is 9.91. The fraction of sp³-hybridized carbons (Fsp3) is 0.278. The van der Waals surface area contributed by atoms with Gasteiger partial charge in [0.15, 0.2) is 0 Å². The molecule has 0 aliphatic rings. The van der Waals surface area contributed by atoms with E-state index in [0.717, 1.165) is 33.1 Å². The molecule has 3 heterocycles. The summed E-state index contributed by atoms with van der Waals surface area (Å²) >= 11 is 0. The molecule has 25 heavy (non-hydrogen) atoms. The minimum atomic E-state index is -0.733. The Kier molecular flexibility index (Phi) is 3.47. The number of hydrogen-bond donors (Lipinski definition) is 3. The summed E-state index contributed by atoms with van der Waals surface area (Å²) in [4.78, 5) is 4.54. The van der Waals surface area contributed by atoms with Crippen molar-refractivity contribution in [3.05, 3.63) is 36.7 Å². The van der Waals surface area contributed by atoms with Crippen molar-refractivity contribution in [1.82, 2.24) is 25.0 Å². The van der Waals surface area contributed by atoms with Crippen LogP contribution in [0.2, 0.25) is 0 Å². The molecule has 0 fully saturated rings. The molecule has 4 aromatic rings. The zero-order valence-corrected chi connectivity index (χ0v) is 14.2. The SMILES string of the molecule is CC(C)(O)CCn1cc2c(N)nc3cc(-c4ccn[nH]4)ccc3c2n1. The highest BCUT2D eigenvalue weighted by Crippen LogP contribution is 2.30. The van der Waals surface area contributed by atoms with Gasteiger partial charge in [0.1, 0.15) is 11.3 Å². The van der Waals surface area contributed by atoms with Crippen LogP contribution in [0.5, 0.6) is 0 Å². The van der Waals surface area contributed by atoms with Crippen molar-refractivity contribution in [1.29, 1.82) is 0 Å². The summed E-state index contributed by atoms with van der Waals surface area (Å²) < 4.78 is 1.82. The first-order valence-electron chi connectivity index (χ1n) is 8.19. The van der Waals surface area contributed by atoms with Crippen LogP contribution < -0.4 is 5.73 Å². The van der Waals surface area contributed by atoms with Crippen LogP contribution in [-0.4, -0.2) is 35.7 Å². The van der Waals surface area contributed by atoms with Gasteiger partial charge in [-0.25, -0.2) is 4.98 Å². The minimum absolute atomic E-state index is 0.457. The highest BCUT2D eigenvalue weighted by molar-refractivity contribution is 6.08. The largest absolute Gasteiger partial charge is 0.390 e. The van der Waals surface area contributed by atoms with Crippen LogP contribution in [0.25, 0.3) is 33.1 Å². The van der Waals surface area contributed by atoms with Crippen LogP contribution in [0.1, 0.15) is 20.3 Å². The number of benzene rings is 1. The normalized spacial score (nSPS) is 12.3. The number of aromatic nitrogens is 5. The number of nitrogen functional groups attached to an aromatic ring is 1. The summed E-state index contributed by atoms with van der Waals surface area (Å²) in [6.45, 7) is 4.20. The third kappa shape index (κ3) is 2.94. The second-order valence-corrected chi connectivity index (χ2v) is 6.92. The van der Waals surface area contributed by atoms with E-state index in [0.29, 0.717) is 18.8 Å². The lowest BCUT2D eigenvalue weighted by atomic mass is 10.1. The van der Waals surface area contributed by atoms with E-state index >= 15 is 0 Å². The molecule has 128 valence electrons. The summed E-state index contributed by atoms with van der Waals surface area (Å²) in [6.07, 6.45) is 4.22. The third-order valence-electron chi connectivity index (χ3n) is 4.30. The molecule has 0 aliphatic carbocycles. The molecule has 0 spiro atoms. The number of hydrogen-bond acceptors (Lipinski definition) is 5. The number of aromatic amines is 1. The van der Waals surface area contributed by atoms with Crippen LogP contribution in [0.4, 0.5) is 5.82 Å². The van der Waals surface area contributed by atoms with Crippen LogP contribution in [0.15, 0.2) is 36.7 Å². The average molecular weight is 336 g/mol. The summed E-state index contributed by atoms with van der Waals surface area (Å²) in [6, 6.07) is 7.92. The molecule has 0 bridgehead atoms. The van der Waals surface area contributed by atoms with Gasteiger partial charge >= 0.3 is 0 Å². The lowest BCUT2D eigenvalue weighted by molar-refractivity contribution is 0.0651. The Labute approximate surface area is 144 Å². The summed E-state index contributed by atoms with van der Waals surface area (Å²) in [5.74, 6) is 0.457. The van der Waals surface area contributed by atoms with Gasteiger partial charge in [-0.05, 0) is 38.5 Å². The predicted octanol–water partition coefficient (Wildman–Crippen LogP) is 2.72. The van der Waals surface area contributed by atoms with Crippen LogP contribution in [-0.2, 0) is 6.54 Å². The number of fused-ring (bicyclic) bond motifs is 3. The molecule has 7 nitrogen and oxygen atoms in total. The Hall–Kier alpha value is -2.93. The van der Waals surface area contributed by atoms with Gasteiger partial charge in [-0.3, -0.25) is 9.78 Å². The predicted molar refractivity (Wildman–Crippen MR) is 97.9 cm³/mol. The van der Waals surface area contributed by atoms with E-state index in [2.05, 4.69) is 20.3 Å². The summed E-state index contributed by atoms with van der Waals surface area (Å²) in [5, 5.41) is 23.3. The molecule has 0 aliphatic heterocycles. The summed E-state index contributed by atoms with van der Waals surface area (Å²) in [5.41, 5.74) is 8.97. The molecule has 4 rings (SSSR count). The highest BCUT2D eigenvalue weighted by atomic mass is 16.3. The van der Waals surface area contributed by atoms with Crippen molar-refractivity contribution in [2.45, 2.75) is 32.4 Å². The van der Waals surface area contributed by atoms with Crippen LogP contribution >= 0.6 is 0 Å². The van der Waals surface area contributed by atoms with E-state index < -0.39 is 5.60 Å². The van der Waals surface area contributed by atoms with Gasteiger partial charge < -0.3 is 10.8 Å². The number of nitrogens with zero attached hydrogens (tertiary/aromatic N) is 4. The first-order chi connectivity index (χ1) is 11.9. The van der Waals surface area contributed by atoms with E-state index in [1.165, 1.54) is 0 Å². The monoisotopic (exact) mass is 336 g/mol. The van der Waals surface area contributed by atoms with Crippen molar-refractivity contribution in [2.75, 3.05) is 5.73 Å². The van der Waals surface area contributed by atoms with Crippen molar-refractivity contribution >= 4 is 27.6 Å². The van der Waals surface area contributed by atoms with Gasteiger partial charge in [-0.1, -0.05) is 6.07 Å². The van der Waals surface area contributed by atoms with Crippen molar-refractivity contribution in [3.8, 4) is 11.3 Å². The molecule has 1 aromatic carbocycles. The van der Waals surface area contributed by atoms with Gasteiger partial charge in [-0.15, -0.1) is 0 Å². The molecule has 0 radical (unpaired) electrons. The van der Waals surface area contributed by atoms with Crippen LogP contribution in [0.3, 0.4) is 0 Å². The van der Waals surface area contributed by atoms with Gasteiger partial charge in [0, 0.05) is 29.9 Å². The molecule has 0 saturated heterocycles. The number of anilines is 1. The van der Waals surface area contributed by atoms with Crippen LogP contribution in [0, 0.1) is 0 Å². The Bertz CT molecular complexity index is 1040. The van der Waals surface area contributed by atoms with Crippen molar-refractivity contribution in [2.24, 2.45) is 0 Å². The third-order valence-corrected chi connectivity index (χ3v) is 4.30. The minimum Gasteiger partial charge on any atom is -0.390 e. The molecule has 0 atom stereocenters. The number of rotatable bonds is 4. The van der Waals surface area contributed by atoms with Gasteiger partial charge in [0.05, 0.1) is 22.2 Å². The molecular weight excluding hydrogens is 316 g/mol. The van der Waals surface area contributed by atoms with E-state index in [-0.39, 0.29) is 0 Å². The zero-order valence-electron chi connectivity index (χ0n) is 14.2. The highest BCUT2D eigenvalue weighted by Gasteiger charge is 2.15. The summed E-state index contributed by atoms with van der Waals surface area (Å²) in [7, 11) is 0. The number of nitrogens with one attached hydrogen (secondary N) is 1. The first kappa shape index (κ1) is 15.6. The van der Waals surface area contributed by atoms with Gasteiger partial charge in [-0.2, -0.15) is 10.2 Å². The quantitative estimate of drug-likeness (QED) is 0.531. The maximum Gasteiger partial charge on any atom is 0.135 e. The van der Waals surface area contributed by atoms with E-state index in [1.54, 1.807) is 20.0 Å².